The number of nitrogens with zero attached hydrogens (tertiary/aromatic N) is 1. The van der Waals surface area contributed by atoms with Crippen LogP contribution in [0.4, 0.5) is 0 Å². The summed E-state index contributed by atoms with van der Waals surface area (Å²) in [6.45, 7) is 1.30. The molecule has 9 nitrogen and oxygen atoms in total. The third-order valence-corrected chi connectivity index (χ3v) is 6.63. The highest BCUT2D eigenvalue weighted by atomic mass is 31.2. The van der Waals surface area contributed by atoms with Crippen molar-refractivity contribution in [2.24, 2.45) is 0 Å². The number of hydrogen-bond acceptors (Lipinski definition) is 7. The van der Waals surface area contributed by atoms with E-state index in [1.807, 2.05) is 21.1 Å². The number of ketones is 1. The van der Waals surface area contributed by atoms with E-state index in [9.17, 15) is 14.3 Å². The molecule has 0 aliphatic carbocycles. The maximum atomic E-state index is 12.7. The van der Waals surface area contributed by atoms with Crippen molar-refractivity contribution in [2.45, 2.75) is 109 Å². The van der Waals surface area contributed by atoms with E-state index in [0.29, 0.717) is 4.48 Å². The van der Waals surface area contributed by atoms with Crippen molar-refractivity contribution in [1.82, 2.24) is 0 Å². The SMILES string of the molecule is CCCCCCCCCCCCCCCC(=O)C(C[N+](C)(C)C)OP(=O)(O)OC[C@@H](CO)OO. The molecule has 0 aromatic heterocycles. The second kappa shape index (κ2) is 19.8. The number of phosphoric acid groups is 1. The largest absolute Gasteiger partial charge is 0.473 e. The molecule has 204 valence electrons. The Morgan fingerprint density at radius 3 is 1.76 bits per heavy atom. The molecule has 3 atom stereocenters. The molecule has 0 heterocycles. The van der Waals surface area contributed by atoms with Gasteiger partial charge in [-0.3, -0.25) is 19.1 Å². The van der Waals surface area contributed by atoms with E-state index >= 15 is 0 Å². The van der Waals surface area contributed by atoms with Crippen molar-refractivity contribution in [2.75, 3.05) is 40.9 Å². The zero-order chi connectivity index (χ0) is 25.9. The molecular formula is C24H51NO8P+. The van der Waals surface area contributed by atoms with Crippen LogP contribution in [0.25, 0.3) is 0 Å². The number of rotatable bonds is 24. The van der Waals surface area contributed by atoms with Gasteiger partial charge in [-0.25, -0.2) is 9.45 Å². The summed E-state index contributed by atoms with van der Waals surface area (Å²) in [5, 5.41) is 17.5. The Bertz CT molecular complexity index is 552. The van der Waals surface area contributed by atoms with Crippen molar-refractivity contribution in [3.05, 3.63) is 0 Å². The molecule has 0 radical (unpaired) electrons. The maximum Gasteiger partial charge on any atom is 0.473 e. The lowest BCUT2D eigenvalue weighted by Gasteiger charge is -2.29. The number of hydrogen-bond donors (Lipinski definition) is 3. The molecule has 2 unspecified atom stereocenters. The summed E-state index contributed by atoms with van der Waals surface area (Å²) >= 11 is 0. The summed E-state index contributed by atoms with van der Waals surface area (Å²) in [6.07, 6.45) is 13.8. The van der Waals surface area contributed by atoms with Gasteiger partial charge in [-0.1, -0.05) is 84.0 Å². The molecule has 0 aliphatic heterocycles. The van der Waals surface area contributed by atoms with E-state index in [4.69, 9.17) is 19.4 Å². The molecule has 0 fully saturated rings. The minimum absolute atomic E-state index is 0.213. The Morgan fingerprint density at radius 2 is 1.35 bits per heavy atom. The first kappa shape index (κ1) is 33.6. The van der Waals surface area contributed by atoms with Crippen molar-refractivity contribution < 1.29 is 43.0 Å². The summed E-state index contributed by atoms with van der Waals surface area (Å²) in [5.74, 6) is -0.230. The standard InChI is InChI=1S/C24H50NO8P/c1-5-6-7-8-9-10-11-12-13-14-15-16-17-18-23(27)24(19-25(2,3)4)33-34(29,30)31-21-22(20-26)32-28/h22,24,26H,5-21H2,1-4H3,(H-,28,29,30)/p+1/t22-,24?/m1/s1. The summed E-state index contributed by atoms with van der Waals surface area (Å²) in [7, 11) is 1.01. The highest BCUT2D eigenvalue weighted by Gasteiger charge is 2.35. The summed E-state index contributed by atoms with van der Waals surface area (Å²) < 4.78 is 22.6. The van der Waals surface area contributed by atoms with E-state index < -0.39 is 33.2 Å². The molecule has 0 spiro atoms. The summed E-state index contributed by atoms with van der Waals surface area (Å²) in [4.78, 5) is 26.6. The van der Waals surface area contributed by atoms with Gasteiger partial charge in [0.25, 0.3) is 0 Å². The Balaban J connectivity index is 4.22. The van der Waals surface area contributed by atoms with Gasteiger partial charge < -0.3 is 14.5 Å². The van der Waals surface area contributed by atoms with Crippen molar-refractivity contribution >= 4 is 13.6 Å². The van der Waals surface area contributed by atoms with Gasteiger partial charge in [0.2, 0.25) is 0 Å². The zero-order valence-corrected chi connectivity index (χ0v) is 22.8. The van der Waals surface area contributed by atoms with Gasteiger partial charge in [0, 0.05) is 6.42 Å². The second-order valence-corrected chi connectivity index (χ2v) is 11.6. The number of likely N-dealkylation sites (N-methyl/N-ethyl adjacent to an activating group) is 1. The minimum atomic E-state index is -4.57. The minimum Gasteiger partial charge on any atom is -0.393 e. The molecule has 3 N–H and O–H groups in total. The lowest BCUT2D eigenvalue weighted by Crippen LogP contribution is -2.45. The first-order valence-electron chi connectivity index (χ1n) is 12.9. The number of phosphoric ester groups is 1. The number of quaternary nitrogens is 1. The predicted molar refractivity (Wildman–Crippen MR) is 133 cm³/mol. The van der Waals surface area contributed by atoms with Gasteiger partial charge in [-0.2, -0.15) is 0 Å². The van der Waals surface area contributed by atoms with Gasteiger partial charge in [0.15, 0.2) is 11.9 Å². The lowest BCUT2D eigenvalue weighted by molar-refractivity contribution is -0.872. The number of aliphatic hydroxyl groups excluding tert-OH is 1. The van der Waals surface area contributed by atoms with Gasteiger partial charge in [0.1, 0.15) is 12.6 Å². The van der Waals surface area contributed by atoms with Crippen LogP contribution in [-0.4, -0.2) is 78.6 Å². The normalized spacial score (nSPS) is 15.7. The molecule has 34 heavy (non-hydrogen) atoms. The number of Topliss-reactive ketones (excluding diaryl/α,β-unsaturated/α-hetero) is 1. The van der Waals surface area contributed by atoms with Crippen LogP contribution in [0.5, 0.6) is 0 Å². The first-order chi connectivity index (χ1) is 16.0. The van der Waals surface area contributed by atoms with Gasteiger partial charge >= 0.3 is 7.82 Å². The maximum absolute atomic E-state index is 12.7. The van der Waals surface area contributed by atoms with E-state index in [0.717, 1.165) is 19.3 Å². The first-order valence-corrected chi connectivity index (χ1v) is 14.4. The molecule has 0 aromatic carbocycles. The quantitative estimate of drug-likeness (QED) is 0.0537. The number of unbranched alkanes of at least 4 members (excludes halogenated alkanes) is 12. The third kappa shape index (κ3) is 19.9. The number of carbonyl (C=O) groups excluding carboxylic acids is 1. The monoisotopic (exact) mass is 512 g/mol. The Morgan fingerprint density at radius 1 is 0.882 bits per heavy atom. The highest BCUT2D eigenvalue weighted by molar-refractivity contribution is 7.47. The zero-order valence-electron chi connectivity index (χ0n) is 22.0. The van der Waals surface area contributed by atoms with Crippen LogP contribution >= 0.6 is 7.82 Å². The van der Waals surface area contributed by atoms with Crippen LogP contribution in [0, 0.1) is 0 Å². The van der Waals surface area contributed by atoms with Crippen LogP contribution in [0.3, 0.4) is 0 Å². The van der Waals surface area contributed by atoms with E-state index in [1.165, 1.54) is 64.2 Å². The molecule has 0 bridgehead atoms. The average Bonchev–Trinajstić information content (AvgIpc) is 2.76. The number of carbonyl (C=O) groups is 1. The van der Waals surface area contributed by atoms with Crippen molar-refractivity contribution in [3.63, 3.8) is 0 Å². The van der Waals surface area contributed by atoms with Crippen LogP contribution in [0.2, 0.25) is 0 Å². The fourth-order valence-electron chi connectivity index (χ4n) is 3.65. The van der Waals surface area contributed by atoms with Crippen molar-refractivity contribution in [1.29, 1.82) is 0 Å². The Kier molecular flexibility index (Phi) is 19.5. The van der Waals surface area contributed by atoms with Crippen LogP contribution < -0.4 is 0 Å². The molecule has 0 rings (SSSR count). The molecule has 0 amide bonds. The van der Waals surface area contributed by atoms with Gasteiger partial charge in [-0.15, -0.1) is 0 Å². The van der Waals surface area contributed by atoms with E-state index in [-0.39, 0.29) is 18.7 Å². The molecular weight excluding hydrogens is 461 g/mol. The van der Waals surface area contributed by atoms with Gasteiger partial charge in [0.05, 0.1) is 34.4 Å². The van der Waals surface area contributed by atoms with Crippen LogP contribution in [0.15, 0.2) is 0 Å². The smallest absolute Gasteiger partial charge is 0.393 e. The fourth-order valence-corrected chi connectivity index (χ4v) is 4.58. The molecule has 0 saturated carbocycles. The number of aliphatic hydroxyl groups is 1. The second-order valence-electron chi connectivity index (χ2n) is 10.2. The highest BCUT2D eigenvalue weighted by Crippen LogP contribution is 2.45. The van der Waals surface area contributed by atoms with Gasteiger partial charge in [-0.05, 0) is 6.42 Å². The van der Waals surface area contributed by atoms with Crippen LogP contribution in [-0.2, 0) is 23.3 Å². The lowest BCUT2D eigenvalue weighted by atomic mass is 10.0. The summed E-state index contributed by atoms with van der Waals surface area (Å²) in [6, 6.07) is 0. The average molecular weight is 513 g/mol. The Labute approximate surface area is 206 Å². The van der Waals surface area contributed by atoms with E-state index in [2.05, 4.69) is 11.8 Å². The topological polar surface area (TPSA) is 123 Å². The molecule has 0 aromatic rings. The Hall–Kier alpha value is -0.380. The summed E-state index contributed by atoms with van der Waals surface area (Å²) in [5.41, 5.74) is 0. The molecule has 0 saturated heterocycles. The molecule has 0 aliphatic rings. The van der Waals surface area contributed by atoms with Crippen molar-refractivity contribution in [3.8, 4) is 0 Å². The van der Waals surface area contributed by atoms with E-state index in [1.54, 1.807) is 0 Å². The molecule has 10 heteroatoms. The fraction of sp³-hybridized carbons (Fsp3) is 0.958. The predicted octanol–water partition coefficient (Wildman–Crippen LogP) is 5.10. The third-order valence-electron chi connectivity index (χ3n) is 5.64. The van der Waals surface area contributed by atoms with Crippen LogP contribution in [0.1, 0.15) is 96.8 Å².